The number of carbonyl (C=O) groups is 2. The average molecular weight is 460 g/mol. The number of benzene rings is 2. The lowest BCUT2D eigenvalue weighted by molar-refractivity contribution is -0.140. The first kappa shape index (κ1) is 25.4. The summed E-state index contributed by atoms with van der Waals surface area (Å²) in [5, 5.41) is 2.95. The molecule has 2 aromatic rings. The van der Waals surface area contributed by atoms with Gasteiger partial charge in [-0.25, -0.2) is 8.42 Å². The number of anilines is 1. The highest BCUT2D eigenvalue weighted by atomic mass is 32.2. The average Bonchev–Trinajstić information content (AvgIpc) is 2.77. The molecule has 2 amide bonds. The van der Waals surface area contributed by atoms with Crippen molar-refractivity contribution in [3.05, 3.63) is 66.2 Å². The molecule has 0 aliphatic carbocycles. The largest absolute Gasteiger partial charge is 0.352 e. The Balaban J connectivity index is 2.38. The number of amides is 2. The van der Waals surface area contributed by atoms with E-state index in [2.05, 4.69) is 5.32 Å². The lowest BCUT2D eigenvalue weighted by atomic mass is 10.1. The van der Waals surface area contributed by atoms with Crippen LogP contribution in [0.5, 0.6) is 0 Å². The molecule has 0 aliphatic heterocycles. The summed E-state index contributed by atoms with van der Waals surface area (Å²) in [4.78, 5) is 28.0. The first-order valence-electron chi connectivity index (χ1n) is 10.8. The van der Waals surface area contributed by atoms with Crippen LogP contribution in [0, 0.1) is 0 Å². The van der Waals surface area contributed by atoms with Gasteiger partial charge in [-0.1, -0.05) is 62.4 Å². The molecule has 2 atom stereocenters. The summed E-state index contributed by atoms with van der Waals surface area (Å²) >= 11 is 0. The molecule has 0 radical (unpaired) electrons. The Morgan fingerprint density at radius 1 is 0.938 bits per heavy atom. The van der Waals surface area contributed by atoms with Crippen LogP contribution in [0.1, 0.15) is 39.2 Å². The molecule has 0 heterocycles. The quantitative estimate of drug-likeness (QED) is 0.559. The first-order valence-corrected chi connectivity index (χ1v) is 12.7. The summed E-state index contributed by atoms with van der Waals surface area (Å²) in [7, 11) is -3.71. The number of rotatable bonds is 11. The van der Waals surface area contributed by atoms with Gasteiger partial charge >= 0.3 is 0 Å². The molecule has 0 saturated heterocycles. The summed E-state index contributed by atoms with van der Waals surface area (Å²) < 4.78 is 26.0. The van der Waals surface area contributed by atoms with Gasteiger partial charge in [-0.05, 0) is 37.5 Å². The smallest absolute Gasteiger partial charge is 0.244 e. The Kier molecular flexibility index (Phi) is 9.26. The topological polar surface area (TPSA) is 86.8 Å². The van der Waals surface area contributed by atoms with Crippen molar-refractivity contribution in [1.82, 2.24) is 10.2 Å². The predicted molar refractivity (Wildman–Crippen MR) is 128 cm³/mol. The lowest BCUT2D eigenvalue weighted by Gasteiger charge is -2.33. The number of para-hydroxylation sites is 1. The molecule has 1 N–H and O–H groups in total. The highest BCUT2D eigenvalue weighted by molar-refractivity contribution is 7.92. The SMILES string of the molecule is CCC(C)NC(=O)C(CC)N(Cc1ccccc1)C(=O)CN(c1ccccc1)S(C)(=O)=O. The molecule has 0 saturated carbocycles. The molecule has 32 heavy (non-hydrogen) atoms. The van der Waals surface area contributed by atoms with Crippen molar-refractivity contribution in [2.24, 2.45) is 0 Å². The molecule has 7 nitrogen and oxygen atoms in total. The summed E-state index contributed by atoms with van der Waals surface area (Å²) in [6.07, 6.45) is 2.25. The van der Waals surface area contributed by atoms with Gasteiger partial charge in [0.25, 0.3) is 0 Å². The highest BCUT2D eigenvalue weighted by Crippen LogP contribution is 2.19. The van der Waals surface area contributed by atoms with Crippen molar-refractivity contribution in [3.8, 4) is 0 Å². The zero-order valence-corrected chi connectivity index (χ0v) is 20.0. The number of nitrogens with one attached hydrogen (secondary N) is 1. The minimum absolute atomic E-state index is 0.0259. The summed E-state index contributed by atoms with van der Waals surface area (Å²) in [5.41, 5.74) is 1.27. The molecule has 8 heteroatoms. The van der Waals surface area contributed by atoms with Gasteiger partial charge in [0.1, 0.15) is 12.6 Å². The standard InChI is InChI=1S/C24H33N3O4S/c1-5-19(3)25-24(29)22(6-2)26(17-20-13-9-7-10-14-20)23(28)18-27(32(4,30)31)21-15-11-8-12-16-21/h7-16,19,22H,5-6,17-18H2,1-4H3,(H,25,29). The van der Waals surface area contributed by atoms with E-state index in [-0.39, 0.29) is 25.0 Å². The van der Waals surface area contributed by atoms with Crippen molar-refractivity contribution < 1.29 is 18.0 Å². The number of nitrogens with zero attached hydrogens (tertiary/aromatic N) is 2. The maximum atomic E-state index is 13.5. The summed E-state index contributed by atoms with van der Waals surface area (Å²) in [6, 6.07) is 17.1. The van der Waals surface area contributed by atoms with Crippen LogP contribution in [0.25, 0.3) is 0 Å². The molecule has 2 unspecified atom stereocenters. The van der Waals surface area contributed by atoms with Crippen LogP contribution in [0.15, 0.2) is 60.7 Å². The van der Waals surface area contributed by atoms with Crippen LogP contribution in [-0.4, -0.2) is 50.0 Å². The molecule has 0 aliphatic rings. The molecular weight excluding hydrogens is 426 g/mol. The Morgan fingerprint density at radius 3 is 2.00 bits per heavy atom. The third-order valence-corrected chi connectivity index (χ3v) is 6.45. The molecule has 0 spiro atoms. The third kappa shape index (κ3) is 7.09. The van der Waals surface area contributed by atoms with E-state index in [0.29, 0.717) is 12.1 Å². The van der Waals surface area contributed by atoms with Gasteiger partial charge in [0.05, 0.1) is 11.9 Å². The zero-order chi connectivity index (χ0) is 23.7. The van der Waals surface area contributed by atoms with Gasteiger partial charge in [0, 0.05) is 12.6 Å². The Bertz CT molecular complexity index is 981. The van der Waals surface area contributed by atoms with Crippen molar-refractivity contribution >= 4 is 27.5 Å². The van der Waals surface area contributed by atoms with E-state index in [9.17, 15) is 18.0 Å². The third-order valence-electron chi connectivity index (χ3n) is 5.31. The molecule has 2 rings (SSSR count). The second-order valence-corrected chi connectivity index (χ2v) is 9.76. The van der Waals surface area contributed by atoms with Gasteiger partial charge < -0.3 is 10.2 Å². The lowest BCUT2D eigenvalue weighted by Crippen LogP contribution is -2.53. The van der Waals surface area contributed by atoms with Crippen LogP contribution in [0.4, 0.5) is 5.69 Å². The molecule has 0 aromatic heterocycles. The van der Waals surface area contributed by atoms with Crippen molar-refractivity contribution in [1.29, 1.82) is 0 Å². The van der Waals surface area contributed by atoms with E-state index in [4.69, 9.17) is 0 Å². The van der Waals surface area contributed by atoms with Gasteiger partial charge in [-0.3, -0.25) is 13.9 Å². The maximum absolute atomic E-state index is 13.5. The number of sulfonamides is 1. The fraction of sp³-hybridized carbons (Fsp3) is 0.417. The van der Waals surface area contributed by atoms with E-state index in [1.807, 2.05) is 51.1 Å². The Labute approximate surface area is 191 Å². The van der Waals surface area contributed by atoms with E-state index in [1.165, 1.54) is 4.90 Å². The van der Waals surface area contributed by atoms with Crippen molar-refractivity contribution in [2.75, 3.05) is 17.1 Å². The monoisotopic (exact) mass is 459 g/mol. The molecule has 174 valence electrons. The Morgan fingerprint density at radius 2 is 1.50 bits per heavy atom. The molecule has 2 aromatic carbocycles. The van der Waals surface area contributed by atoms with E-state index >= 15 is 0 Å². The van der Waals surface area contributed by atoms with Crippen LogP contribution >= 0.6 is 0 Å². The van der Waals surface area contributed by atoms with Gasteiger partial charge in [-0.15, -0.1) is 0 Å². The second kappa shape index (κ2) is 11.7. The maximum Gasteiger partial charge on any atom is 0.244 e. The zero-order valence-electron chi connectivity index (χ0n) is 19.2. The minimum atomic E-state index is -3.71. The fourth-order valence-corrected chi connectivity index (χ4v) is 4.20. The van der Waals surface area contributed by atoms with Crippen molar-refractivity contribution in [2.45, 2.75) is 52.2 Å². The molecular formula is C24H33N3O4S. The van der Waals surface area contributed by atoms with E-state index in [1.54, 1.807) is 30.3 Å². The van der Waals surface area contributed by atoms with Crippen LogP contribution in [-0.2, 0) is 26.2 Å². The van der Waals surface area contributed by atoms with Crippen LogP contribution in [0.2, 0.25) is 0 Å². The summed E-state index contributed by atoms with van der Waals surface area (Å²) in [6.45, 7) is 5.55. The van der Waals surface area contributed by atoms with Crippen molar-refractivity contribution in [3.63, 3.8) is 0 Å². The fourth-order valence-electron chi connectivity index (χ4n) is 3.35. The van der Waals surface area contributed by atoms with E-state index in [0.717, 1.165) is 22.5 Å². The highest BCUT2D eigenvalue weighted by Gasteiger charge is 2.32. The summed E-state index contributed by atoms with van der Waals surface area (Å²) in [5.74, 6) is -0.675. The van der Waals surface area contributed by atoms with Crippen LogP contribution < -0.4 is 9.62 Å². The van der Waals surface area contributed by atoms with Gasteiger partial charge in [0.15, 0.2) is 0 Å². The number of hydrogen-bond acceptors (Lipinski definition) is 4. The first-order chi connectivity index (χ1) is 15.2. The number of carbonyl (C=O) groups excluding carboxylic acids is 2. The van der Waals surface area contributed by atoms with Gasteiger partial charge in [-0.2, -0.15) is 0 Å². The minimum Gasteiger partial charge on any atom is -0.352 e. The molecule has 0 fully saturated rings. The molecule has 0 bridgehead atoms. The normalized spacial score (nSPS) is 13.1. The predicted octanol–water partition coefficient (Wildman–Crippen LogP) is 3.17. The van der Waals surface area contributed by atoms with Gasteiger partial charge in [0.2, 0.25) is 21.8 Å². The van der Waals surface area contributed by atoms with Crippen LogP contribution in [0.3, 0.4) is 0 Å². The second-order valence-electron chi connectivity index (χ2n) is 7.85. The number of hydrogen-bond donors (Lipinski definition) is 1. The Hall–Kier alpha value is -2.87. The van der Waals surface area contributed by atoms with E-state index < -0.39 is 22.0 Å².